The van der Waals surface area contributed by atoms with Gasteiger partial charge in [0, 0.05) is 12.1 Å². The second kappa shape index (κ2) is 6.07. The Morgan fingerprint density at radius 2 is 1.81 bits per heavy atom. The summed E-state index contributed by atoms with van der Waals surface area (Å²) in [5, 5.41) is 0. The van der Waals surface area contributed by atoms with Crippen LogP contribution >= 0.6 is 0 Å². The van der Waals surface area contributed by atoms with Crippen molar-refractivity contribution in [1.29, 1.82) is 0 Å². The molecule has 1 aliphatic carbocycles. The van der Waals surface area contributed by atoms with E-state index < -0.39 is 15.6 Å². The molecule has 1 heterocycles. The zero-order valence-corrected chi connectivity index (χ0v) is 15.2. The molecule has 6 heteroatoms. The third kappa shape index (κ3) is 2.40. The van der Waals surface area contributed by atoms with E-state index in [-0.39, 0.29) is 10.7 Å². The Morgan fingerprint density at radius 1 is 1.08 bits per heavy atom. The van der Waals surface area contributed by atoms with Crippen LogP contribution in [0.5, 0.6) is 5.75 Å². The molecule has 5 nitrogen and oxygen atoms in total. The van der Waals surface area contributed by atoms with Crippen LogP contribution in [0.25, 0.3) is 6.08 Å². The fourth-order valence-electron chi connectivity index (χ4n) is 3.80. The van der Waals surface area contributed by atoms with E-state index in [9.17, 15) is 13.2 Å². The maximum atomic E-state index is 13.3. The van der Waals surface area contributed by atoms with E-state index in [0.29, 0.717) is 30.7 Å². The fraction of sp³-hybridized carbons (Fsp3) is 0.250. The molecular formula is C20H19NO4S. The minimum atomic E-state index is -3.80. The third-order valence-corrected chi connectivity index (χ3v) is 7.11. The van der Waals surface area contributed by atoms with Gasteiger partial charge in [0.05, 0.1) is 12.0 Å². The first-order chi connectivity index (χ1) is 12.5. The largest absolute Gasteiger partial charge is 0.497 e. The maximum Gasteiger partial charge on any atom is 0.244 e. The molecule has 0 N–H and O–H groups in total. The van der Waals surface area contributed by atoms with Gasteiger partial charge in [-0.2, -0.15) is 4.31 Å². The van der Waals surface area contributed by atoms with Gasteiger partial charge in [0.2, 0.25) is 10.0 Å². The number of nitrogens with zero attached hydrogens (tertiary/aromatic N) is 1. The molecule has 0 aromatic heterocycles. The molecule has 2 aliphatic rings. The lowest BCUT2D eigenvalue weighted by Gasteiger charge is -2.36. The van der Waals surface area contributed by atoms with Gasteiger partial charge in [-0.25, -0.2) is 8.42 Å². The fourth-order valence-corrected chi connectivity index (χ4v) is 5.57. The summed E-state index contributed by atoms with van der Waals surface area (Å²) in [6, 6.07) is 13.6. The predicted molar refractivity (Wildman–Crippen MR) is 98.7 cm³/mol. The number of carbonyl (C=O) groups is 1. The maximum absolute atomic E-state index is 13.3. The lowest BCUT2D eigenvalue weighted by atomic mass is 9.81. The van der Waals surface area contributed by atoms with Crippen molar-refractivity contribution in [2.24, 2.45) is 0 Å². The predicted octanol–water partition coefficient (Wildman–Crippen LogP) is 3.13. The molecular weight excluding hydrogens is 350 g/mol. The second-order valence-corrected chi connectivity index (χ2v) is 8.39. The molecule has 0 bridgehead atoms. The van der Waals surface area contributed by atoms with Gasteiger partial charge >= 0.3 is 0 Å². The molecule has 0 amide bonds. The van der Waals surface area contributed by atoms with E-state index in [0.717, 1.165) is 5.56 Å². The Balaban J connectivity index is 1.78. The molecule has 1 spiro atoms. The molecule has 26 heavy (non-hydrogen) atoms. The Morgan fingerprint density at radius 3 is 2.54 bits per heavy atom. The summed E-state index contributed by atoms with van der Waals surface area (Å²) in [6.45, 7) is 0.326. The molecule has 2 aromatic carbocycles. The summed E-state index contributed by atoms with van der Waals surface area (Å²) in [4.78, 5) is 13.4. The summed E-state index contributed by atoms with van der Waals surface area (Å²) in [7, 11) is -2.27. The van der Waals surface area contributed by atoms with E-state index in [1.807, 2.05) is 18.2 Å². The highest BCUT2D eigenvalue weighted by Gasteiger charge is 2.52. The van der Waals surface area contributed by atoms with Crippen LogP contribution in [0.4, 0.5) is 0 Å². The number of Topliss-reactive ketones (excluding diaryl/α,β-unsaturated/α-hetero) is 1. The number of benzene rings is 2. The van der Waals surface area contributed by atoms with E-state index >= 15 is 0 Å². The first-order valence-electron chi connectivity index (χ1n) is 8.49. The van der Waals surface area contributed by atoms with Crippen LogP contribution in [0.15, 0.2) is 59.5 Å². The highest BCUT2D eigenvalue weighted by atomic mass is 32.2. The number of hydrogen-bond acceptors (Lipinski definition) is 4. The number of carbonyl (C=O) groups excluding carboxylic acids is 1. The third-order valence-electron chi connectivity index (χ3n) is 5.15. The Hall–Kier alpha value is -2.44. The molecule has 0 radical (unpaired) electrons. The highest BCUT2D eigenvalue weighted by Crippen LogP contribution is 2.41. The van der Waals surface area contributed by atoms with Gasteiger partial charge in [-0.1, -0.05) is 36.4 Å². The minimum Gasteiger partial charge on any atom is -0.497 e. The van der Waals surface area contributed by atoms with Crippen molar-refractivity contribution in [3.05, 3.63) is 65.7 Å². The average molecular weight is 369 g/mol. The van der Waals surface area contributed by atoms with E-state index in [4.69, 9.17) is 4.74 Å². The lowest BCUT2D eigenvalue weighted by molar-refractivity contribution is 0.0848. The van der Waals surface area contributed by atoms with Crippen LogP contribution in [0.3, 0.4) is 0 Å². The molecule has 1 unspecified atom stereocenters. The molecule has 1 atom stereocenters. The van der Waals surface area contributed by atoms with E-state index in [1.165, 1.54) is 23.5 Å². The molecule has 4 rings (SSSR count). The zero-order chi connectivity index (χ0) is 18.4. The zero-order valence-electron chi connectivity index (χ0n) is 14.4. The lowest BCUT2D eigenvalue weighted by Crippen LogP contribution is -2.52. The normalized spacial score (nSPS) is 22.6. The van der Waals surface area contributed by atoms with Gasteiger partial charge in [0.25, 0.3) is 0 Å². The smallest absolute Gasteiger partial charge is 0.244 e. The van der Waals surface area contributed by atoms with Crippen molar-refractivity contribution in [2.45, 2.75) is 23.3 Å². The van der Waals surface area contributed by atoms with Gasteiger partial charge in [0.15, 0.2) is 5.78 Å². The van der Waals surface area contributed by atoms with Gasteiger partial charge in [-0.3, -0.25) is 4.79 Å². The minimum absolute atomic E-state index is 0.148. The second-order valence-electron chi connectivity index (χ2n) is 6.53. The van der Waals surface area contributed by atoms with Crippen LogP contribution in [0.1, 0.15) is 28.8 Å². The number of sulfonamides is 1. The Labute approximate surface area is 153 Å². The quantitative estimate of drug-likeness (QED) is 0.834. The first-order valence-corrected chi connectivity index (χ1v) is 9.93. The van der Waals surface area contributed by atoms with Crippen LogP contribution < -0.4 is 4.74 Å². The van der Waals surface area contributed by atoms with Gasteiger partial charge < -0.3 is 4.74 Å². The summed E-state index contributed by atoms with van der Waals surface area (Å²) >= 11 is 0. The van der Waals surface area contributed by atoms with Crippen molar-refractivity contribution in [3.8, 4) is 5.75 Å². The highest BCUT2D eigenvalue weighted by molar-refractivity contribution is 7.89. The molecule has 0 saturated carbocycles. The summed E-state index contributed by atoms with van der Waals surface area (Å²) in [5.74, 6) is 0.438. The van der Waals surface area contributed by atoms with Crippen molar-refractivity contribution in [2.75, 3.05) is 13.7 Å². The van der Waals surface area contributed by atoms with Crippen molar-refractivity contribution >= 4 is 21.9 Å². The van der Waals surface area contributed by atoms with Crippen LogP contribution in [-0.2, 0) is 10.0 Å². The summed E-state index contributed by atoms with van der Waals surface area (Å²) < 4.78 is 33.0. The number of methoxy groups -OCH3 is 1. The summed E-state index contributed by atoms with van der Waals surface area (Å²) in [5.41, 5.74) is 0.274. The van der Waals surface area contributed by atoms with Gasteiger partial charge in [0.1, 0.15) is 11.3 Å². The molecule has 1 saturated heterocycles. The summed E-state index contributed by atoms with van der Waals surface area (Å²) in [6.07, 6.45) is 4.75. The Bertz CT molecular complexity index is 995. The van der Waals surface area contributed by atoms with Crippen LogP contribution in [-0.4, -0.2) is 37.7 Å². The van der Waals surface area contributed by atoms with Crippen LogP contribution in [0.2, 0.25) is 0 Å². The SMILES string of the molecule is COc1ccc(S(=O)(=O)N2CCCC23C=Cc2ccccc2C3=O)cc1. The standard InChI is InChI=1S/C20H19NO4S/c1-25-16-7-9-17(10-8-16)26(23,24)21-14-4-12-20(21)13-11-15-5-2-3-6-18(15)19(20)22/h2-3,5-11,13H,4,12,14H2,1H3. The number of ether oxygens (including phenoxy) is 1. The number of rotatable bonds is 3. The van der Waals surface area contributed by atoms with Crippen molar-refractivity contribution in [1.82, 2.24) is 4.31 Å². The monoisotopic (exact) mass is 369 g/mol. The number of ketones is 1. The molecule has 1 aliphatic heterocycles. The van der Waals surface area contributed by atoms with Crippen molar-refractivity contribution < 1.29 is 17.9 Å². The molecule has 134 valence electrons. The van der Waals surface area contributed by atoms with Gasteiger partial charge in [-0.15, -0.1) is 0 Å². The Kier molecular flexibility index (Phi) is 3.97. The topological polar surface area (TPSA) is 63.7 Å². The number of fused-ring (bicyclic) bond motifs is 1. The van der Waals surface area contributed by atoms with Crippen molar-refractivity contribution in [3.63, 3.8) is 0 Å². The van der Waals surface area contributed by atoms with E-state index in [2.05, 4.69) is 0 Å². The van der Waals surface area contributed by atoms with Crippen LogP contribution in [0, 0.1) is 0 Å². The molecule has 2 aromatic rings. The number of hydrogen-bond donors (Lipinski definition) is 0. The average Bonchev–Trinajstić information content (AvgIpc) is 3.11. The van der Waals surface area contributed by atoms with E-state index in [1.54, 1.807) is 30.3 Å². The first kappa shape index (κ1) is 17.0. The van der Waals surface area contributed by atoms with Gasteiger partial charge in [-0.05, 0) is 42.7 Å². The molecule has 1 fully saturated rings.